The van der Waals surface area contributed by atoms with Gasteiger partial charge in [0.15, 0.2) is 5.76 Å². The Hall–Kier alpha value is -2.60. The molecule has 1 aromatic heterocycles. The van der Waals surface area contributed by atoms with Crippen molar-refractivity contribution in [3.8, 4) is 0 Å². The highest BCUT2D eigenvalue weighted by molar-refractivity contribution is 6.02. The highest BCUT2D eigenvalue weighted by Crippen LogP contribution is 2.14. The Balaban J connectivity index is 1.90. The molecule has 0 atom stereocenters. The summed E-state index contributed by atoms with van der Waals surface area (Å²) in [5.74, 6) is -0.304. The maximum absolute atomic E-state index is 11.8. The third-order valence-electron chi connectivity index (χ3n) is 2.61. The smallest absolute Gasteiger partial charge is 0.291 e. The molecule has 1 aromatic carbocycles. The summed E-state index contributed by atoms with van der Waals surface area (Å²) in [5, 5.41) is 5.38. The van der Waals surface area contributed by atoms with E-state index in [1.165, 1.54) is 6.26 Å². The number of anilines is 2. The van der Waals surface area contributed by atoms with E-state index in [2.05, 4.69) is 10.6 Å². The molecule has 0 saturated heterocycles. The standard InChI is InChI=1S/C15H16N2O4/c1-2-20-10-14(18)16-11-5-7-12(8-6-11)17-15(19)13-4-3-9-21-13/h3-9H,2,10H2,1H3,(H,16,18)(H,17,19). The van der Waals surface area contributed by atoms with Gasteiger partial charge in [-0.3, -0.25) is 9.59 Å². The van der Waals surface area contributed by atoms with E-state index >= 15 is 0 Å². The van der Waals surface area contributed by atoms with Crippen molar-refractivity contribution in [3.05, 3.63) is 48.4 Å². The van der Waals surface area contributed by atoms with Crippen molar-refractivity contribution in [2.45, 2.75) is 6.92 Å². The first kappa shape index (κ1) is 14.8. The largest absolute Gasteiger partial charge is 0.459 e. The van der Waals surface area contributed by atoms with E-state index in [0.717, 1.165) is 0 Å². The van der Waals surface area contributed by atoms with E-state index in [1.807, 2.05) is 6.92 Å². The molecule has 0 saturated carbocycles. The molecule has 2 rings (SSSR count). The normalized spacial score (nSPS) is 10.1. The molecule has 0 aliphatic rings. The van der Waals surface area contributed by atoms with Crippen LogP contribution in [0.1, 0.15) is 17.5 Å². The fourth-order valence-electron chi connectivity index (χ4n) is 1.63. The average Bonchev–Trinajstić information content (AvgIpc) is 3.01. The molecule has 2 amide bonds. The minimum Gasteiger partial charge on any atom is -0.459 e. The lowest BCUT2D eigenvalue weighted by molar-refractivity contribution is -0.120. The summed E-state index contributed by atoms with van der Waals surface area (Å²) in [6.07, 6.45) is 1.44. The van der Waals surface area contributed by atoms with Crippen LogP contribution in [0.5, 0.6) is 0 Å². The predicted octanol–water partition coefficient (Wildman–Crippen LogP) is 2.51. The lowest BCUT2D eigenvalue weighted by atomic mass is 10.2. The molecule has 2 N–H and O–H groups in total. The average molecular weight is 288 g/mol. The van der Waals surface area contributed by atoms with Crippen molar-refractivity contribution in [1.29, 1.82) is 0 Å². The van der Waals surface area contributed by atoms with E-state index in [0.29, 0.717) is 18.0 Å². The second-order valence-electron chi connectivity index (χ2n) is 4.19. The predicted molar refractivity (Wildman–Crippen MR) is 78.2 cm³/mol. The van der Waals surface area contributed by atoms with Gasteiger partial charge in [0.1, 0.15) is 6.61 Å². The van der Waals surface area contributed by atoms with Crippen molar-refractivity contribution < 1.29 is 18.7 Å². The van der Waals surface area contributed by atoms with Crippen LogP contribution in [-0.2, 0) is 9.53 Å². The van der Waals surface area contributed by atoms with Gasteiger partial charge < -0.3 is 19.8 Å². The Bertz CT molecular complexity index is 591. The Kier molecular flexibility index (Phi) is 5.11. The third kappa shape index (κ3) is 4.47. The zero-order chi connectivity index (χ0) is 15.1. The Morgan fingerprint density at radius 1 is 1.10 bits per heavy atom. The van der Waals surface area contributed by atoms with Crippen LogP contribution in [0.15, 0.2) is 47.1 Å². The second kappa shape index (κ2) is 7.25. The van der Waals surface area contributed by atoms with Gasteiger partial charge in [0.2, 0.25) is 5.91 Å². The molecule has 0 unspecified atom stereocenters. The minimum atomic E-state index is -0.326. The van der Waals surface area contributed by atoms with Crippen LogP contribution in [-0.4, -0.2) is 25.0 Å². The summed E-state index contributed by atoms with van der Waals surface area (Å²) in [6.45, 7) is 2.34. The summed E-state index contributed by atoms with van der Waals surface area (Å²) in [7, 11) is 0. The van der Waals surface area contributed by atoms with E-state index in [4.69, 9.17) is 9.15 Å². The van der Waals surface area contributed by atoms with Gasteiger partial charge in [0, 0.05) is 18.0 Å². The van der Waals surface area contributed by atoms with Crippen molar-refractivity contribution in [2.24, 2.45) is 0 Å². The topological polar surface area (TPSA) is 80.6 Å². The van der Waals surface area contributed by atoms with Gasteiger partial charge in [-0.1, -0.05) is 0 Å². The van der Waals surface area contributed by atoms with Crippen LogP contribution in [0.25, 0.3) is 0 Å². The lowest BCUT2D eigenvalue weighted by Gasteiger charge is -2.07. The molecule has 2 aromatic rings. The van der Waals surface area contributed by atoms with Gasteiger partial charge in [-0.05, 0) is 43.3 Å². The Morgan fingerprint density at radius 2 is 1.76 bits per heavy atom. The molecule has 0 spiro atoms. The first-order valence-electron chi connectivity index (χ1n) is 6.51. The summed E-state index contributed by atoms with van der Waals surface area (Å²) in [4.78, 5) is 23.2. The lowest BCUT2D eigenvalue weighted by Crippen LogP contribution is -2.18. The first-order valence-corrected chi connectivity index (χ1v) is 6.51. The van der Waals surface area contributed by atoms with E-state index < -0.39 is 0 Å². The molecule has 0 radical (unpaired) electrons. The number of hydrogen-bond acceptors (Lipinski definition) is 4. The zero-order valence-corrected chi connectivity index (χ0v) is 11.6. The van der Waals surface area contributed by atoms with Gasteiger partial charge in [-0.15, -0.1) is 0 Å². The SMILES string of the molecule is CCOCC(=O)Nc1ccc(NC(=O)c2ccco2)cc1. The summed E-state index contributed by atoms with van der Waals surface area (Å²) >= 11 is 0. The number of carbonyl (C=O) groups excluding carboxylic acids is 2. The summed E-state index contributed by atoms with van der Waals surface area (Å²) in [6, 6.07) is 10.0. The third-order valence-corrected chi connectivity index (χ3v) is 2.61. The van der Waals surface area contributed by atoms with Crippen LogP contribution in [0.3, 0.4) is 0 Å². The molecule has 6 nitrogen and oxygen atoms in total. The quantitative estimate of drug-likeness (QED) is 0.855. The molecule has 0 aliphatic carbocycles. The number of ether oxygens (including phenoxy) is 1. The molecule has 1 heterocycles. The molecule has 0 bridgehead atoms. The maximum Gasteiger partial charge on any atom is 0.291 e. The van der Waals surface area contributed by atoms with Gasteiger partial charge in [0.25, 0.3) is 5.91 Å². The fourth-order valence-corrected chi connectivity index (χ4v) is 1.63. The van der Waals surface area contributed by atoms with E-state index in [9.17, 15) is 9.59 Å². The number of hydrogen-bond donors (Lipinski definition) is 2. The number of rotatable bonds is 6. The zero-order valence-electron chi connectivity index (χ0n) is 11.6. The summed E-state index contributed by atoms with van der Waals surface area (Å²) in [5.41, 5.74) is 1.25. The van der Waals surface area contributed by atoms with Gasteiger partial charge >= 0.3 is 0 Å². The molecule has 110 valence electrons. The van der Waals surface area contributed by atoms with E-state index in [1.54, 1.807) is 36.4 Å². The number of furan rings is 1. The number of nitrogens with one attached hydrogen (secondary N) is 2. The maximum atomic E-state index is 11.8. The Morgan fingerprint density at radius 3 is 2.33 bits per heavy atom. The molecule has 21 heavy (non-hydrogen) atoms. The molecule has 0 fully saturated rings. The van der Waals surface area contributed by atoms with Gasteiger partial charge in [-0.2, -0.15) is 0 Å². The highest BCUT2D eigenvalue weighted by Gasteiger charge is 2.08. The van der Waals surface area contributed by atoms with Crippen LogP contribution in [0, 0.1) is 0 Å². The van der Waals surface area contributed by atoms with Crippen LogP contribution >= 0.6 is 0 Å². The van der Waals surface area contributed by atoms with Crippen molar-refractivity contribution in [2.75, 3.05) is 23.8 Å². The van der Waals surface area contributed by atoms with Gasteiger partial charge in [-0.25, -0.2) is 0 Å². The van der Waals surface area contributed by atoms with Crippen molar-refractivity contribution >= 4 is 23.2 Å². The second-order valence-corrected chi connectivity index (χ2v) is 4.19. The number of benzene rings is 1. The molecular formula is C15H16N2O4. The minimum absolute atomic E-state index is 0.0213. The van der Waals surface area contributed by atoms with Gasteiger partial charge in [0.05, 0.1) is 6.26 Å². The first-order chi connectivity index (χ1) is 10.2. The fraction of sp³-hybridized carbons (Fsp3) is 0.200. The number of amides is 2. The highest BCUT2D eigenvalue weighted by atomic mass is 16.5. The Labute approximate surface area is 122 Å². The monoisotopic (exact) mass is 288 g/mol. The molecule has 6 heteroatoms. The number of carbonyl (C=O) groups is 2. The van der Waals surface area contributed by atoms with Crippen LogP contribution in [0.2, 0.25) is 0 Å². The molecule has 0 aliphatic heterocycles. The van der Waals surface area contributed by atoms with Crippen molar-refractivity contribution in [1.82, 2.24) is 0 Å². The van der Waals surface area contributed by atoms with Crippen LogP contribution in [0.4, 0.5) is 11.4 Å². The summed E-state index contributed by atoms with van der Waals surface area (Å²) < 4.78 is 10.0. The van der Waals surface area contributed by atoms with E-state index in [-0.39, 0.29) is 24.2 Å². The van der Waals surface area contributed by atoms with Crippen LogP contribution < -0.4 is 10.6 Å². The van der Waals surface area contributed by atoms with Crippen molar-refractivity contribution in [3.63, 3.8) is 0 Å². The molecular weight excluding hydrogens is 272 g/mol.